The first-order valence-electron chi connectivity index (χ1n) is 5.95. The Labute approximate surface area is 108 Å². The normalized spacial score (nSPS) is 18.5. The molecule has 0 bridgehead atoms. The second-order valence-corrected chi connectivity index (χ2v) is 4.59. The van der Waals surface area contributed by atoms with E-state index >= 15 is 0 Å². The first-order chi connectivity index (χ1) is 8.99. The number of nitrogens with zero attached hydrogens (tertiary/aromatic N) is 2. The Kier molecular flexibility index (Phi) is 3.75. The zero-order valence-corrected chi connectivity index (χ0v) is 10.5. The van der Waals surface area contributed by atoms with E-state index in [1.54, 1.807) is 0 Å². The van der Waals surface area contributed by atoms with Crippen molar-refractivity contribution in [2.24, 2.45) is 5.92 Å². The second-order valence-electron chi connectivity index (χ2n) is 4.59. The molecule has 19 heavy (non-hydrogen) atoms. The average Bonchev–Trinajstić information content (AvgIpc) is 2.85. The second kappa shape index (κ2) is 5.31. The smallest absolute Gasteiger partial charge is 0.288 e. The molecule has 0 radical (unpaired) electrons. The zero-order chi connectivity index (χ0) is 14.0. The summed E-state index contributed by atoms with van der Waals surface area (Å²) < 4.78 is 6.20. The SMILES string of the molecule is Cc1cc(=O)n(CC(=O)C2CCOC2)cc1[N+](=O)[O-]. The molecule has 1 aliphatic heterocycles. The lowest BCUT2D eigenvalue weighted by Crippen LogP contribution is -2.28. The summed E-state index contributed by atoms with van der Waals surface area (Å²) in [6, 6.07) is 1.18. The topological polar surface area (TPSA) is 91.4 Å². The van der Waals surface area contributed by atoms with E-state index in [-0.39, 0.29) is 23.9 Å². The molecule has 1 aromatic heterocycles. The minimum Gasteiger partial charge on any atom is -0.381 e. The summed E-state index contributed by atoms with van der Waals surface area (Å²) in [5, 5.41) is 10.8. The van der Waals surface area contributed by atoms with Crippen LogP contribution >= 0.6 is 0 Å². The molecule has 7 heteroatoms. The quantitative estimate of drug-likeness (QED) is 0.590. The number of carbonyl (C=O) groups is 1. The minimum absolute atomic E-state index is 0.127. The maximum Gasteiger partial charge on any atom is 0.288 e. The van der Waals surface area contributed by atoms with E-state index in [9.17, 15) is 19.7 Å². The summed E-state index contributed by atoms with van der Waals surface area (Å²) in [6.07, 6.45) is 1.77. The number of ketones is 1. The molecule has 102 valence electrons. The highest BCUT2D eigenvalue weighted by Crippen LogP contribution is 2.16. The summed E-state index contributed by atoms with van der Waals surface area (Å²) in [5.41, 5.74) is -0.270. The number of Topliss-reactive ketones (excluding diaryl/α,β-unsaturated/α-hetero) is 1. The lowest BCUT2D eigenvalue weighted by molar-refractivity contribution is -0.385. The molecule has 1 aliphatic rings. The number of carbonyl (C=O) groups excluding carboxylic acids is 1. The summed E-state index contributed by atoms with van der Waals surface area (Å²) in [7, 11) is 0. The van der Waals surface area contributed by atoms with Crippen molar-refractivity contribution in [1.82, 2.24) is 4.57 Å². The maximum absolute atomic E-state index is 11.9. The fourth-order valence-electron chi connectivity index (χ4n) is 2.06. The molecule has 2 rings (SSSR count). The summed E-state index contributed by atoms with van der Waals surface area (Å²) in [5.74, 6) is -0.343. The fraction of sp³-hybridized carbons (Fsp3) is 0.500. The van der Waals surface area contributed by atoms with Gasteiger partial charge in [0.2, 0.25) is 0 Å². The van der Waals surface area contributed by atoms with Crippen LogP contribution in [-0.4, -0.2) is 28.5 Å². The Morgan fingerprint density at radius 1 is 1.63 bits per heavy atom. The van der Waals surface area contributed by atoms with Gasteiger partial charge in [-0.2, -0.15) is 0 Å². The fourth-order valence-corrected chi connectivity index (χ4v) is 2.06. The summed E-state index contributed by atoms with van der Waals surface area (Å²) in [4.78, 5) is 33.9. The lowest BCUT2D eigenvalue weighted by Gasteiger charge is -2.09. The van der Waals surface area contributed by atoms with E-state index in [2.05, 4.69) is 0 Å². The molecule has 0 aliphatic carbocycles. The number of rotatable bonds is 4. The van der Waals surface area contributed by atoms with Crippen LogP contribution in [0.15, 0.2) is 17.1 Å². The van der Waals surface area contributed by atoms with E-state index in [4.69, 9.17) is 4.74 Å². The molecule has 0 saturated carbocycles. The van der Waals surface area contributed by atoms with Gasteiger partial charge in [-0.3, -0.25) is 19.7 Å². The number of hydrogen-bond acceptors (Lipinski definition) is 5. The molecule has 1 fully saturated rings. The van der Waals surface area contributed by atoms with Gasteiger partial charge in [0.25, 0.3) is 11.2 Å². The summed E-state index contributed by atoms with van der Waals surface area (Å²) >= 11 is 0. The largest absolute Gasteiger partial charge is 0.381 e. The van der Waals surface area contributed by atoms with Crippen molar-refractivity contribution in [1.29, 1.82) is 0 Å². The van der Waals surface area contributed by atoms with Crippen molar-refractivity contribution in [3.63, 3.8) is 0 Å². The van der Waals surface area contributed by atoms with E-state index in [0.29, 0.717) is 25.2 Å². The van der Waals surface area contributed by atoms with Crippen LogP contribution in [0.3, 0.4) is 0 Å². The highest BCUT2D eigenvalue weighted by atomic mass is 16.6. The van der Waals surface area contributed by atoms with Crippen LogP contribution in [0.25, 0.3) is 0 Å². The number of pyridine rings is 1. The van der Waals surface area contributed by atoms with E-state index < -0.39 is 10.5 Å². The van der Waals surface area contributed by atoms with Crippen molar-refractivity contribution >= 4 is 11.5 Å². The Hall–Kier alpha value is -2.02. The number of ether oxygens (including phenoxy) is 1. The Bertz CT molecular complexity index is 572. The van der Waals surface area contributed by atoms with Gasteiger partial charge in [-0.15, -0.1) is 0 Å². The molecule has 0 N–H and O–H groups in total. The van der Waals surface area contributed by atoms with E-state index in [0.717, 1.165) is 10.8 Å². The third-order valence-electron chi connectivity index (χ3n) is 3.21. The van der Waals surface area contributed by atoms with Gasteiger partial charge in [-0.25, -0.2) is 0 Å². The standard InChI is InChI=1S/C12H14N2O5/c1-8-4-12(16)13(5-10(8)14(17)18)6-11(15)9-2-3-19-7-9/h4-5,9H,2-3,6-7H2,1H3. The molecular formula is C12H14N2O5. The highest BCUT2D eigenvalue weighted by molar-refractivity contribution is 5.81. The third kappa shape index (κ3) is 2.87. The van der Waals surface area contributed by atoms with Crippen molar-refractivity contribution in [2.75, 3.05) is 13.2 Å². The number of nitro groups is 1. The Morgan fingerprint density at radius 2 is 2.37 bits per heavy atom. The number of aryl methyl sites for hydroxylation is 1. The average molecular weight is 266 g/mol. The zero-order valence-electron chi connectivity index (χ0n) is 10.5. The third-order valence-corrected chi connectivity index (χ3v) is 3.21. The van der Waals surface area contributed by atoms with Gasteiger partial charge in [-0.1, -0.05) is 0 Å². The van der Waals surface area contributed by atoms with Crippen LogP contribution in [0, 0.1) is 23.0 Å². The van der Waals surface area contributed by atoms with Gasteiger partial charge < -0.3 is 9.30 Å². The van der Waals surface area contributed by atoms with Crippen molar-refractivity contribution < 1.29 is 14.5 Å². The van der Waals surface area contributed by atoms with Crippen molar-refractivity contribution in [3.8, 4) is 0 Å². The molecule has 7 nitrogen and oxygen atoms in total. The molecule has 1 unspecified atom stereocenters. The van der Waals surface area contributed by atoms with Crippen LogP contribution in [0.2, 0.25) is 0 Å². The number of aromatic nitrogens is 1. The Morgan fingerprint density at radius 3 is 2.95 bits per heavy atom. The monoisotopic (exact) mass is 266 g/mol. The predicted molar refractivity (Wildman–Crippen MR) is 66.0 cm³/mol. The first kappa shape index (κ1) is 13.4. The van der Waals surface area contributed by atoms with Gasteiger partial charge >= 0.3 is 0 Å². The molecule has 0 amide bonds. The van der Waals surface area contributed by atoms with Gasteiger partial charge in [0.1, 0.15) is 0 Å². The first-order valence-corrected chi connectivity index (χ1v) is 5.95. The van der Waals surface area contributed by atoms with E-state index in [1.165, 1.54) is 13.0 Å². The molecule has 0 aromatic carbocycles. The minimum atomic E-state index is -0.561. The van der Waals surface area contributed by atoms with Crippen LogP contribution in [-0.2, 0) is 16.1 Å². The lowest BCUT2D eigenvalue weighted by atomic mass is 10.0. The van der Waals surface area contributed by atoms with Crippen molar-refractivity contribution in [2.45, 2.75) is 19.9 Å². The highest BCUT2D eigenvalue weighted by Gasteiger charge is 2.24. The van der Waals surface area contributed by atoms with Crippen LogP contribution in [0.5, 0.6) is 0 Å². The maximum atomic E-state index is 11.9. The van der Waals surface area contributed by atoms with Gasteiger partial charge in [-0.05, 0) is 13.3 Å². The van der Waals surface area contributed by atoms with Crippen molar-refractivity contribution in [3.05, 3.63) is 38.3 Å². The van der Waals surface area contributed by atoms with Crippen LogP contribution in [0.1, 0.15) is 12.0 Å². The predicted octanol–water partition coefficient (Wildman–Crippen LogP) is 0.671. The number of hydrogen-bond donors (Lipinski definition) is 0. The Balaban J connectivity index is 2.24. The molecular weight excluding hydrogens is 252 g/mol. The van der Waals surface area contributed by atoms with E-state index in [1.807, 2.05) is 0 Å². The molecule has 0 spiro atoms. The molecule has 1 saturated heterocycles. The molecule has 1 atom stereocenters. The van der Waals surface area contributed by atoms with Crippen LogP contribution < -0.4 is 5.56 Å². The molecule has 2 heterocycles. The summed E-state index contributed by atoms with van der Waals surface area (Å²) in [6.45, 7) is 2.26. The van der Waals surface area contributed by atoms with Gasteiger partial charge in [0.05, 0.1) is 24.3 Å². The van der Waals surface area contributed by atoms with Gasteiger partial charge in [0.15, 0.2) is 5.78 Å². The molecule has 1 aromatic rings. The van der Waals surface area contributed by atoms with Gasteiger partial charge in [0, 0.05) is 24.2 Å². The van der Waals surface area contributed by atoms with Crippen LogP contribution in [0.4, 0.5) is 5.69 Å².